The molecule has 0 aromatic carbocycles. The van der Waals surface area contributed by atoms with E-state index < -0.39 is 6.10 Å². The second kappa shape index (κ2) is 6.01. The molecule has 0 bridgehead atoms. The quantitative estimate of drug-likeness (QED) is 0.804. The van der Waals surface area contributed by atoms with Crippen LogP contribution >= 0.6 is 0 Å². The molecule has 92 valence electrons. The summed E-state index contributed by atoms with van der Waals surface area (Å²) < 4.78 is 7.10. The molecule has 0 saturated heterocycles. The molecule has 2 atom stereocenters. The van der Waals surface area contributed by atoms with Crippen LogP contribution < -0.4 is 0 Å². The molecule has 1 N–H and O–H groups in total. The number of hydrogen-bond acceptors (Lipinski definition) is 3. The molecule has 0 spiro atoms. The van der Waals surface area contributed by atoms with E-state index in [0.29, 0.717) is 12.5 Å². The van der Waals surface area contributed by atoms with Gasteiger partial charge in [-0.1, -0.05) is 6.92 Å². The minimum absolute atomic E-state index is 0.107. The van der Waals surface area contributed by atoms with Crippen LogP contribution in [-0.2, 0) is 11.2 Å². The highest BCUT2D eigenvalue weighted by Gasteiger charge is 2.18. The monoisotopic (exact) mass is 226 g/mol. The first-order chi connectivity index (χ1) is 7.58. The standard InChI is InChI=1S/C12H22N2O2/c1-5-12(16-4)11(15)8-10-6-7-14(13-10)9(2)3/h6-7,9,11-12,15H,5,8H2,1-4H3. The van der Waals surface area contributed by atoms with Crippen LogP contribution in [0, 0.1) is 0 Å². The summed E-state index contributed by atoms with van der Waals surface area (Å²) >= 11 is 0. The number of aromatic nitrogens is 2. The van der Waals surface area contributed by atoms with E-state index in [1.165, 1.54) is 0 Å². The maximum absolute atomic E-state index is 9.94. The number of ether oxygens (including phenoxy) is 1. The molecule has 2 unspecified atom stereocenters. The molecule has 1 aromatic heterocycles. The molecule has 0 aliphatic carbocycles. The Morgan fingerprint density at radius 1 is 1.50 bits per heavy atom. The summed E-state index contributed by atoms with van der Waals surface area (Å²) in [6.07, 6.45) is 2.71. The number of rotatable bonds is 6. The van der Waals surface area contributed by atoms with E-state index in [9.17, 15) is 5.11 Å². The highest BCUT2D eigenvalue weighted by molar-refractivity contribution is 5.01. The Bertz CT molecular complexity index is 306. The number of aliphatic hydroxyl groups excluding tert-OH is 1. The first-order valence-corrected chi connectivity index (χ1v) is 5.83. The third-order valence-corrected chi connectivity index (χ3v) is 2.75. The van der Waals surface area contributed by atoms with Crippen molar-refractivity contribution >= 4 is 0 Å². The highest BCUT2D eigenvalue weighted by atomic mass is 16.5. The summed E-state index contributed by atoms with van der Waals surface area (Å²) in [6.45, 7) is 6.17. The molecular formula is C12H22N2O2. The van der Waals surface area contributed by atoms with Gasteiger partial charge in [0.15, 0.2) is 0 Å². The molecule has 0 amide bonds. The lowest BCUT2D eigenvalue weighted by Gasteiger charge is -2.19. The second-order valence-corrected chi connectivity index (χ2v) is 4.33. The minimum atomic E-state index is -0.481. The Balaban J connectivity index is 2.58. The van der Waals surface area contributed by atoms with Crippen LogP contribution in [0.1, 0.15) is 38.9 Å². The number of nitrogens with zero attached hydrogens (tertiary/aromatic N) is 2. The maximum atomic E-state index is 9.94. The first kappa shape index (κ1) is 13.2. The van der Waals surface area contributed by atoms with Gasteiger partial charge in [-0.05, 0) is 26.3 Å². The fraction of sp³-hybridized carbons (Fsp3) is 0.750. The molecule has 1 aromatic rings. The van der Waals surface area contributed by atoms with Gasteiger partial charge in [-0.15, -0.1) is 0 Å². The lowest BCUT2D eigenvalue weighted by atomic mass is 10.1. The molecule has 0 aliphatic heterocycles. The summed E-state index contributed by atoms with van der Waals surface area (Å²) in [7, 11) is 1.63. The summed E-state index contributed by atoms with van der Waals surface area (Å²) in [5, 5.41) is 14.3. The molecule has 16 heavy (non-hydrogen) atoms. The Labute approximate surface area is 97.2 Å². The molecule has 0 fully saturated rings. The van der Waals surface area contributed by atoms with E-state index in [-0.39, 0.29) is 6.10 Å². The summed E-state index contributed by atoms with van der Waals surface area (Å²) in [6, 6.07) is 2.31. The van der Waals surface area contributed by atoms with Crippen LogP contribution in [0.25, 0.3) is 0 Å². The van der Waals surface area contributed by atoms with Gasteiger partial charge < -0.3 is 9.84 Å². The fourth-order valence-electron chi connectivity index (χ4n) is 1.72. The van der Waals surface area contributed by atoms with Gasteiger partial charge in [0.25, 0.3) is 0 Å². The molecule has 0 saturated carbocycles. The first-order valence-electron chi connectivity index (χ1n) is 5.83. The third-order valence-electron chi connectivity index (χ3n) is 2.75. The van der Waals surface area contributed by atoms with Gasteiger partial charge in [0.05, 0.1) is 17.9 Å². The van der Waals surface area contributed by atoms with Crippen molar-refractivity contribution in [2.75, 3.05) is 7.11 Å². The van der Waals surface area contributed by atoms with Gasteiger partial charge in [0, 0.05) is 25.8 Å². The largest absolute Gasteiger partial charge is 0.390 e. The average Bonchev–Trinajstić information content (AvgIpc) is 2.68. The number of methoxy groups -OCH3 is 1. The Hall–Kier alpha value is -0.870. The predicted octanol–water partition coefficient (Wildman–Crippen LogP) is 1.79. The van der Waals surface area contributed by atoms with Crippen molar-refractivity contribution in [2.45, 2.75) is 51.9 Å². The highest BCUT2D eigenvalue weighted by Crippen LogP contribution is 2.11. The molecule has 1 heterocycles. The molecule has 4 heteroatoms. The number of aliphatic hydroxyl groups is 1. The van der Waals surface area contributed by atoms with Gasteiger partial charge in [0.2, 0.25) is 0 Å². The van der Waals surface area contributed by atoms with Crippen LogP contribution in [-0.4, -0.2) is 34.2 Å². The van der Waals surface area contributed by atoms with Crippen molar-refractivity contribution < 1.29 is 9.84 Å². The van der Waals surface area contributed by atoms with Crippen LogP contribution in [0.5, 0.6) is 0 Å². The summed E-state index contributed by atoms with van der Waals surface area (Å²) in [4.78, 5) is 0. The van der Waals surface area contributed by atoms with E-state index in [1.807, 2.05) is 23.9 Å². The second-order valence-electron chi connectivity index (χ2n) is 4.33. The lowest BCUT2D eigenvalue weighted by Crippen LogP contribution is -2.29. The van der Waals surface area contributed by atoms with Crippen LogP contribution in [0.3, 0.4) is 0 Å². The zero-order valence-corrected chi connectivity index (χ0v) is 10.6. The van der Waals surface area contributed by atoms with E-state index in [2.05, 4.69) is 18.9 Å². The summed E-state index contributed by atoms with van der Waals surface area (Å²) in [5.41, 5.74) is 0.914. The molecule has 0 radical (unpaired) electrons. The van der Waals surface area contributed by atoms with Crippen molar-refractivity contribution in [1.29, 1.82) is 0 Å². The maximum Gasteiger partial charge on any atom is 0.0857 e. The lowest BCUT2D eigenvalue weighted by molar-refractivity contribution is -0.0133. The van der Waals surface area contributed by atoms with Gasteiger partial charge in [-0.3, -0.25) is 4.68 Å². The molecule has 1 rings (SSSR count). The SMILES string of the molecule is CCC(OC)C(O)Cc1ccn(C(C)C)n1. The van der Waals surface area contributed by atoms with E-state index in [4.69, 9.17) is 4.74 Å². The predicted molar refractivity (Wildman–Crippen MR) is 63.4 cm³/mol. The molecular weight excluding hydrogens is 204 g/mol. The topological polar surface area (TPSA) is 47.3 Å². The van der Waals surface area contributed by atoms with Gasteiger partial charge in [0.1, 0.15) is 0 Å². The zero-order chi connectivity index (χ0) is 12.1. The fourth-order valence-corrected chi connectivity index (χ4v) is 1.72. The third kappa shape index (κ3) is 3.32. The van der Waals surface area contributed by atoms with Gasteiger partial charge in [-0.25, -0.2) is 0 Å². The van der Waals surface area contributed by atoms with E-state index >= 15 is 0 Å². The smallest absolute Gasteiger partial charge is 0.0857 e. The Morgan fingerprint density at radius 3 is 2.62 bits per heavy atom. The molecule has 4 nitrogen and oxygen atoms in total. The van der Waals surface area contributed by atoms with Crippen molar-refractivity contribution in [3.05, 3.63) is 18.0 Å². The normalized spacial score (nSPS) is 15.4. The van der Waals surface area contributed by atoms with E-state index in [1.54, 1.807) is 7.11 Å². The van der Waals surface area contributed by atoms with Crippen LogP contribution in [0.2, 0.25) is 0 Å². The van der Waals surface area contributed by atoms with Gasteiger partial charge in [-0.2, -0.15) is 5.10 Å². The minimum Gasteiger partial charge on any atom is -0.390 e. The molecule has 0 aliphatic rings. The van der Waals surface area contributed by atoms with Crippen molar-refractivity contribution in [3.63, 3.8) is 0 Å². The van der Waals surface area contributed by atoms with Crippen molar-refractivity contribution in [3.8, 4) is 0 Å². The summed E-state index contributed by atoms with van der Waals surface area (Å²) in [5.74, 6) is 0. The van der Waals surface area contributed by atoms with Crippen LogP contribution in [0.15, 0.2) is 12.3 Å². The zero-order valence-electron chi connectivity index (χ0n) is 10.6. The average molecular weight is 226 g/mol. The Morgan fingerprint density at radius 2 is 2.19 bits per heavy atom. The van der Waals surface area contributed by atoms with Crippen molar-refractivity contribution in [1.82, 2.24) is 9.78 Å². The van der Waals surface area contributed by atoms with Gasteiger partial charge >= 0.3 is 0 Å². The van der Waals surface area contributed by atoms with E-state index in [0.717, 1.165) is 12.1 Å². The van der Waals surface area contributed by atoms with Crippen molar-refractivity contribution in [2.24, 2.45) is 0 Å². The number of hydrogen-bond donors (Lipinski definition) is 1. The van der Waals surface area contributed by atoms with Crippen LogP contribution in [0.4, 0.5) is 0 Å². The Kier molecular flexibility index (Phi) is 4.96.